The summed E-state index contributed by atoms with van der Waals surface area (Å²) in [4.78, 5) is 12.2. The number of carbonyl (C=O) groups excluding carboxylic acids is 1. The summed E-state index contributed by atoms with van der Waals surface area (Å²) in [5.74, 6) is 1.30. The van der Waals surface area contributed by atoms with E-state index < -0.39 is 0 Å². The van der Waals surface area contributed by atoms with Crippen molar-refractivity contribution in [3.05, 3.63) is 89.4 Å². The van der Waals surface area contributed by atoms with Crippen LogP contribution < -0.4 is 10.1 Å². The molecule has 3 aromatic rings. The summed E-state index contributed by atoms with van der Waals surface area (Å²) < 4.78 is 11.0. The Bertz CT molecular complexity index is 809. The fourth-order valence-electron chi connectivity index (χ4n) is 2.44. The van der Waals surface area contributed by atoms with Crippen molar-refractivity contribution < 1.29 is 13.9 Å². The number of benzene rings is 2. The molecule has 0 unspecified atom stereocenters. The summed E-state index contributed by atoms with van der Waals surface area (Å²) in [5.41, 5.74) is 2.64. The van der Waals surface area contributed by atoms with Gasteiger partial charge >= 0.3 is 0 Å². The molecule has 0 aliphatic heterocycles. The van der Waals surface area contributed by atoms with E-state index in [1.165, 1.54) is 6.26 Å². The third-order valence-corrected chi connectivity index (χ3v) is 3.80. The largest absolute Gasteiger partial charge is 0.489 e. The first-order chi connectivity index (χ1) is 11.7. The average Bonchev–Trinajstić information content (AvgIpc) is 3.05. The number of nitrogens with one attached hydrogen (secondary N) is 1. The number of para-hydroxylation sites is 1. The zero-order valence-corrected chi connectivity index (χ0v) is 13.5. The minimum atomic E-state index is -0.139. The van der Waals surface area contributed by atoms with Crippen LogP contribution in [-0.2, 0) is 13.2 Å². The quantitative estimate of drug-likeness (QED) is 0.744. The van der Waals surface area contributed by atoms with Gasteiger partial charge in [-0.1, -0.05) is 42.5 Å². The first-order valence-corrected chi connectivity index (χ1v) is 7.81. The van der Waals surface area contributed by atoms with Gasteiger partial charge in [0.1, 0.15) is 18.1 Å². The Hall–Kier alpha value is -3.01. The van der Waals surface area contributed by atoms with Crippen molar-refractivity contribution in [3.8, 4) is 5.75 Å². The van der Waals surface area contributed by atoms with Crippen molar-refractivity contribution in [2.75, 3.05) is 0 Å². The summed E-state index contributed by atoms with van der Waals surface area (Å²) in [6.45, 7) is 2.68. The van der Waals surface area contributed by atoms with Gasteiger partial charge in [-0.3, -0.25) is 4.79 Å². The molecule has 3 rings (SSSR count). The highest BCUT2D eigenvalue weighted by molar-refractivity contribution is 5.94. The van der Waals surface area contributed by atoms with Gasteiger partial charge in [-0.25, -0.2) is 0 Å². The second-order valence-electron chi connectivity index (χ2n) is 5.44. The van der Waals surface area contributed by atoms with Gasteiger partial charge in [0.05, 0.1) is 11.8 Å². The molecule has 0 spiro atoms. The fourth-order valence-corrected chi connectivity index (χ4v) is 2.44. The lowest BCUT2D eigenvalue weighted by Gasteiger charge is -2.12. The topological polar surface area (TPSA) is 51.5 Å². The summed E-state index contributed by atoms with van der Waals surface area (Å²) >= 11 is 0. The number of hydrogen-bond donors (Lipinski definition) is 1. The van der Waals surface area contributed by atoms with E-state index in [2.05, 4.69) is 5.32 Å². The molecule has 0 fully saturated rings. The van der Waals surface area contributed by atoms with E-state index in [-0.39, 0.29) is 5.91 Å². The third kappa shape index (κ3) is 3.84. The molecule has 0 aliphatic carbocycles. The number of furan rings is 1. The van der Waals surface area contributed by atoms with E-state index in [1.54, 1.807) is 13.0 Å². The minimum absolute atomic E-state index is 0.139. The summed E-state index contributed by atoms with van der Waals surface area (Å²) in [7, 11) is 0. The molecule has 1 heterocycles. The molecule has 0 bridgehead atoms. The van der Waals surface area contributed by atoms with Gasteiger partial charge in [0.2, 0.25) is 0 Å². The lowest BCUT2D eigenvalue weighted by molar-refractivity contribution is 0.0949. The Morgan fingerprint density at radius 1 is 1.00 bits per heavy atom. The molecule has 4 heteroatoms. The standard InChI is InChI=1S/C20H19NO3/c1-15-19(11-12-23-15)20(22)21-13-16-7-5-6-8-17(16)14-24-18-9-3-2-4-10-18/h2-12H,13-14H2,1H3,(H,21,22). The molecule has 122 valence electrons. The van der Waals surface area contributed by atoms with Crippen LogP contribution in [0.3, 0.4) is 0 Å². The number of ether oxygens (including phenoxy) is 1. The van der Waals surface area contributed by atoms with Crippen LogP contribution in [0.5, 0.6) is 5.75 Å². The molecular formula is C20H19NO3. The van der Waals surface area contributed by atoms with Crippen molar-refractivity contribution >= 4 is 5.91 Å². The number of aryl methyl sites for hydroxylation is 1. The molecular weight excluding hydrogens is 302 g/mol. The normalized spacial score (nSPS) is 10.4. The van der Waals surface area contributed by atoms with Crippen LogP contribution in [0.4, 0.5) is 0 Å². The maximum atomic E-state index is 12.2. The van der Waals surface area contributed by atoms with Gasteiger partial charge in [0.25, 0.3) is 5.91 Å². The van der Waals surface area contributed by atoms with Crippen LogP contribution in [0.15, 0.2) is 71.3 Å². The van der Waals surface area contributed by atoms with E-state index in [0.717, 1.165) is 16.9 Å². The maximum Gasteiger partial charge on any atom is 0.255 e. The van der Waals surface area contributed by atoms with Crippen molar-refractivity contribution in [1.29, 1.82) is 0 Å². The number of rotatable bonds is 6. The first kappa shape index (κ1) is 15.9. The van der Waals surface area contributed by atoms with Gasteiger partial charge in [0, 0.05) is 6.54 Å². The van der Waals surface area contributed by atoms with Gasteiger partial charge in [0.15, 0.2) is 0 Å². The zero-order valence-electron chi connectivity index (χ0n) is 13.5. The zero-order chi connectivity index (χ0) is 16.8. The molecule has 2 aromatic carbocycles. The minimum Gasteiger partial charge on any atom is -0.489 e. The molecule has 0 saturated heterocycles. The highest BCUT2D eigenvalue weighted by Crippen LogP contribution is 2.15. The van der Waals surface area contributed by atoms with Crippen LogP contribution in [0.1, 0.15) is 27.2 Å². The van der Waals surface area contributed by atoms with Crippen LogP contribution in [0.25, 0.3) is 0 Å². The van der Waals surface area contributed by atoms with E-state index in [9.17, 15) is 4.79 Å². The van der Waals surface area contributed by atoms with Gasteiger partial charge < -0.3 is 14.5 Å². The van der Waals surface area contributed by atoms with Gasteiger partial charge in [-0.2, -0.15) is 0 Å². The molecule has 1 N–H and O–H groups in total. The third-order valence-electron chi connectivity index (χ3n) is 3.80. The molecule has 0 atom stereocenters. The number of hydrogen-bond acceptors (Lipinski definition) is 3. The van der Waals surface area contributed by atoms with Gasteiger partial charge in [-0.15, -0.1) is 0 Å². The van der Waals surface area contributed by atoms with Crippen molar-refractivity contribution in [1.82, 2.24) is 5.32 Å². The molecule has 4 nitrogen and oxygen atoms in total. The summed E-state index contributed by atoms with van der Waals surface area (Å²) in [6.07, 6.45) is 1.52. The van der Waals surface area contributed by atoms with Crippen molar-refractivity contribution in [2.45, 2.75) is 20.1 Å². The van der Waals surface area contributed by atoms with Crippen LogP contribution in [0.2, 0.25) is 0 Å². The number of carbonyl (C=O) groups is 1. The Morgan fingerprint density at radius 3 is 2.42 bits per heavy atom. The Balaban J connectivity index is 1.64. The van der Waals surface area contributed by atoms with Crippen LogP contribution in [-0.4, -0.2) is 5.91 Å². The molecule has 0 saturated carbocycles. The highest BCUT2D eigenvalue weighted by atomic mass is 16.5. The summed E-state index contributed by atoms with van der Waals surface area (Å²) in [6, 6.07) is 19.3. The molecule has 0 aliphatic rings. The van der Waals surface area contributed by atoms with Crippen molar-refractivity contribution in [3.63, 3.8) is 0 Å². The lowest BCUT2D eigenvalue weighted by Crippen LogP contribution is -2.23. The Kier molecular flexibility index (Phi) is 4.96. The van der Waals surface area contributed by atoms with E-state index in [0.29, 0.717) is 24.5 Å². The average molecular weight is 321 g/mol. The summed E-state index contributed by atoms with van der Waals surface area (Å²) in [5, 5.41) is 2.93. The maximum absolute atomic E-state index is 12.2. The predicted octanol–water partition coefficient (Wildman–Crippen LogP) is 4.10. The predicted molar refractivity (Wildman–Crippen MR) is 91.8 cm³/mol. The second-order valence-corrected chi connectivity index (χ2v) is 5.44. The fraction of sp³-hybridized carbons (Fsp3) is 0.150. The Morgan fingerprint density at radius 2 is 1.71 bits per heavy atom. The Labute approximate surface area is 141 Å². The molecule has 0 radical (unpaired) electrons. The molecule has 1 aromatic heterocycles. The van der Waals surface area contributed by atoms with E-state index in [4.69, 9.17) is 9.15 Å². The molecule has 24 heavy (non-hydrogen) atoms. The number of amides is 1. The lowest BCUT2D eigenvalue weighted by atomic mass is 10.1. The SMILES string of the molecule is Cc1occc1C(=O)NCc1ccccc1COc1ccccc1. The van der Waals surface area contributed by atoms with Crippen LogP contribution >= 0.6 is 0 Å². The van der Waals surface area contributed by atoms with Crippen LogP contribution in [0, 0.1) is 6.92 Å². The van der Waals surface area contributed by atoms with E-state index in [1.807, 2.05) is 54.6 Å². The smallest absolute Gasteiger partial charge is 0.255 e. The first-order valence-electron chi connectivity index (χ1n) is 7.81. The van der Waals surface area contributed by atoms with Crippen molar-refractivity contribution in [2.24, 2.45) is 0 Å². The highest BCUT2D eigenvalue weighted by Gasteiger charge is 2.11. The molecule has 1 amide bonds. The second kappa shape index (κ2) is 7.51. The van der Waals surface area contributed by atoms with E-state index >= 15 is 0 Å². The monoisotopic (exact) mass is 321 g/mol. The van der Waals surface area contributed by atoms with Gasteiger partial charge in [-0.05, 0) is 36.2 Å².